The molecule has 3 N–H and O–H groups in total. The molecule has 0 aromatic carbocycles. The summed E-state index contributed by atoms with van der Waals surface area (Å²) in [4.78, 5) is 11.4. The molecular weight excluding hydrogens is 236 g/mol. The number of hydrogen-bond acceptors (Lipinski definition) is 4. The second kappa shape index (κ2) is 4.89. The maximum Gasteiger partial charge on any atom is 0.227 e. The van der Waals surface area contributed by atoms with E-state index in [-0.39, 0.29) is 34.9 Å². The molecule has 5 nitrogen and oxygen atoms in total. The van der Waals surface area contributed by atoms with Crippen molar-refractivity contribution < 1.29 is 13.2 Å². The highest BCUT2D eigenvalue weighted by Gasteiger charge is 2.25. The Labute approximate surface area is 94.3 Å². The lowest BCUT2D eigenvalue weighted by atomic mass is 10.2. The number of nitrogens with two attached hydrogens (primary N) is 1. The Kier molecular flexibility index (Phi) is 4.04. The standard InChI is InChI=1S/C8H14N2O3S2/c9-7(14)4-8(11)10-6-2-1-3-15(12,13)5-6/h6H,1-5H2,(H2,9,14)(H,10,11). The zero-order valence-electron chi connectivity index (χ0n) is 8.23. The number of amides is 1. The lowest BCUT2D eigenvalue weighted by Gasteiger charge is -2.22. The lowest BCUT2D eigenvalue weighted by Crippen LogP contribution is -2.44. The number of carbonyl (C=O) groups excluding carboxylic acids is 1. The normalized spacial score (nSPS) is 24.4. The molecule has 1 heterocycles. The van der Waals surface area contributed by atoms with Crippen LogP contribution in [0.25, 0.3) is 0 Å². The summed E-state index contributed by atoms with van der Waals surface area (Å²) in [5.74, 6) is -0.0605. The number of carbonyl (C=O) groups is 1. The molecule has 1 fully saturated rings. The van der Waals surface area contributed by atoms with E-state index in [2.05, 4.69) is 17.5 Å². The molecule has 7 heteroatoms. The fraction of sp³-hybridized carbons (Fsp3) is 0.750. The van der Waals surface area contributed by atoms with Crippen molar-refractivity contribution in [1.29, 1.82) is 0 Å². The van der Waals surface area contributed by atoms with E-state index in [1.165, 1.54) is 0 Å². The molecule has 86 valence electrons. The Hall–Kier alpha value is -0.690. The van der Waals surface area contributed by atoms with Gasteiger partial charge >= 0.3 is 0 Å². The Balaban J connectivity index is 2.45. The molecule has 1 atom stereocenters. The largest absolute Gasteiger partial charge is 0.393 e. The lowest BCUT2D eigenvalue weighted by molar-refractivity contribution is -0.120. The van der Waals surface area contributed by atoms with Gasteiger partial charge in [0.2, 0.25) is 5.91 Å². The van der Waals surface area contributed by atoms with Gasteiger partial charge in [0.15, 0.2) is 9.84 Å². The second-order valence-electron chi connectivity index (χ2n) is 3.66. The van der Waals surface area contributed by atoms with Crippen molar-refractivity contribution in [3.63, 3.8) is 0 Å². The molecular formula is C8H14N2O3S2. The smallest absolute Gasteiger partial charge is 0.227 e. The minimum Gasteiger partial charge on any atom is -0.393 e. The first-order valence-electron chi connectivity index (χ1n) is 4.67. The SMILES string of the molecule is NC(=S)CC(=O)NC1CCCS(=O)(=O)C1. The van der Waals surface area contributed by atoms with Crippen molar-refractivity contribution in [2.75, 3.05) is 11.5 Å². The van der Waals surface area contributed by atoms with Crippen LogP contribution in [0.1, 0.15) is 19.3 Å². The zero-order chi connectivity index (χ0) is 11.5. The average molecular weight is 250 g/mol. The monoisotopic (exact) mass is 250 g/mol. The minimum atomic E-state index is -2.98. The molecule has 0 aromatic heterocycles. The van der Waals surface area contributed by atoms with Gasteiger partial charge in [0, 0.05) is 6.04 Å². The molecule has 1 unspecified atom stereocenters. The van der Waals surface area contributed by atoms with E-state index in [0.717, 1.165) is 0 Å². The third-order valence-corrected chi connectivity index (χ3v) is 4.13. The van der Waals surface area contributed by atoms with E-state index in [1.807, 2.05) is 0 Å². The van der Waals surface area contributed by atoms with Gasteiger partial charge in [-0.25, -0.2) is 8.42 Å². The van der Waals surface area contributed by atoms with Gasteiger partial charge in [-0.3, -0.25) is 4.79 Å². The maximum absolute atomic E-state index is 11.3. The molecule has 1 rings (SSSR count). The summed E-state index contributed by atoms with van der Waals surface area (Å²) in [5, 5.41) is 2.62. The topological polar surface area (TPSA) is 89.3 Å². The van der Waals surface area contributed by atoms with Gasteiger partial charge in [0.25, 0.3) is 0 Å². The summed E-state index contributed by atoms with van der Waals surface area (Å²) in [6, 6.07) is -0.286. The van der Waals surface area contributed by atoms with Crippen LogP contribution in [-0.2, 0) is 14.6 Å². The van der Waals surface area contributed by atoms with Crippen LogP contribution in [0.4, 0.5) is 0 Å². The molecule has 0 bridgehead atoms. The first-order valence-corrected chi connectivity index (χ1v) is 6.90. The summed E-state index contributed by atoms with van der Waals surface area (Å²) in [6.45, 7) is 0. The number of rotatable bonds is 3. The van der Waals surface area contributed by atoms with E-state index >= 15 is 0 Å². The first-order chi connectivity index (χ1) is 6.89. The molecule has 1 amide bonds. The summed E-state index contributed by atoms with van der Waals surface area (Å²) in [7, 11) is -2.98. The van der Waals surface area contributed by atoms with Crippen molar-refractivity contribution in [3.05, 3.63) is 0 Å². The highest BCUT2D eigenvalue weighted by molar-refractivity contribution is 7.91. The summed E-state index contributed by atoms with van der Waals surface area (Å²) >= 11 is 4.58. The Morgan fingerprint density at radius 2 is 2.20 bits per heavy atom. The van der Waals surface area contributed by atoms with E-state index in [9.17, 15) is 13.2 Å². The number of hydrogen-bond donors (Lipinski definition) is 2. The van der Waals surface area contributed by atoms with Crippen molar-refractivity contribution in [2.45, 2.75) is 25.3 Å². The second-order valence-corrected chi connectivity index (χ2v) is 6.42. The Morgan fingerprint density at radius 1 is 1.53 bits per heavy atom. The molecule has 1 aliphatic rings. The summed E-state index contributed by atoms with van der Waals surface area (Å²) < 4.78 is 22.5. The zero-order valence-corrected chi connectivity index (χ0v) is 9.86. The molecule has 1 saturated heterocycles. The van der Waals surface area contributed by atoms with Gasteiger partial charge in [0.1, 0.15) is 0 Å². The molecule has 0 aromatic rings. The number of sulfone groups is 1. The highest BCUT2D eigenvalue weighted by atomic mass is 32.2. The highest BCUT2D eigenvalue weighted by Crippen LogP contribution is 2.11. The van der Waals surface area contributed by atoms with Crippen LogP contribution in [0.15, 0.2) is 0 Å². The van der Waals surface area contributed by atoms with E-state index < -0.39 is 9.84 Å². The molecule has 1 aliphatic heterocycles. The van der Waals surface area contributed by atoms with Crippen molar-refractivity contribution >= 4 is 33.0 Å². The van der Waals surface area contributed by atoms with E-state index in [4.69, 9.17) is 5.73 Å². The van der Waals surface area contributed by atoms with Gasteiger partial charge in [-0.2, -0.15) is 0 Å². The van der Waals surface area contributed by atoms with Crippen LogP contribution in [0, 0.1) is 0 Å². The third kappa shape index (κ3) is 4.57. The van der Waals surface area contributed by atoms with Crippen molar-refractivity contribution in [2.24, 2.45) is 5.73 Å². The molecule has 0 radical (unpaired) electrons. The van der Waals surface area contributed by atoms with Crippen LogP contribution in [0.3, 0.4) is 0 Å². The van der Waals surface area contributed by atoms with E-state index in [0.29, 0.717) is 12.8 Å². The summed E-state index contributed by atoms with van der Waals surface area (Å²) in [6.07, 6.45) is 1.27. The summed E-state index contributed by atoms with van der Waals surface area (Å²) in [5.41, 5.74) is 5.20. The molecule has 15 heavy (non-hydrogen) atoms. The average Bonchev–Trinajstić information content (AvgIpc) is 1.99. The fourth-order valence-electron chi connectivity index (χ4n) is 1.57. The van der Waals surface area contributed by atoms with Gasteiger partial charge in [-0.15, -0.1) is 0 Å². The van der Waals surface area contributed by atoms with Gasteiger partial charge in [-0.05, 0) is 12.8 Å². The Bertz CT molecular complexity index is 364. The van der Waals surface area contributed by atoms with Crippen LogP contribution in [0.2, 0.25) is 0 Å². The van der Waals surface area contributed by atoms with Crippen LogP contribution in [-0.4, -0.2) is 36.9 Å². The molecule has 0 saturated carbocycles. The van der Waals surface area contributed by atoms with Gasteiger partial charge in [-0.1, -0.05) is 12.2 Å². The maximum atomic E-state index is 11.3. The predicted molar refractivity (Wildman–Crippen MR) is 61.2 cm³/mol. The van der Waals surface area contributed by atoms with Crippen LogP contribution in [0.5, 0.6) is 0 Å². The van der Waals surface area contributed by atoms with Gasteiger partial charge in [0.05, 0.1) is 22.9 Å². The molecule has 0 spiro atoms. The Morgan fingerprint density at radius 3 is 2.73 bits per heavy atom. The van der Waals surface area contributed by atoms with Gasteiger partial charge < -0.3 is 11.1 Å². The van der Waals surface area contributed by atoms with Crippen LogP contribution >= 0.6 is 12.2 Å². The predicted octanol–water partition coefficient (Wildman–Crippen LogP) is -0.644. The number of nitrogens with one attached hydrogen (secondary N) is 1. The quantitative estimate of drug-likeness (QED) is 0.650. The fourth-order valence-corrected chi connectivity index (χ4v) is 3.34. The van der Waals surface area contributed by atoms with E-state index in [1.54, 1.807) is 0 Å². The van der Waals surface area contributed by atoms with Crippen molar-refractivity contribution in [1.82, 2.24) is 5.32 Å². The van der Waals surface area contributed by atoms with Crippen molar-refractivity contribution in [3.8, 4) is 0 Å². The number of thiocarbonyl (C=S) groups is 1. The minimum absolute atomic E-state index is 0.0219. The first kappa shape index (κ1) is 12.4. The molecule has 0 aliphatic carbocycles. The van der Waals surface area contributed by atoms with Crippen LogP contribution < -0.4 is 11.1 Å². The third-order valence-electron chi connectivity index (χ3n) is 2.16.